The van der Waals surface area contributed by atoms with Crippen LogP contribution in [0.5, 0.6) is 0 Å². The lowest BCUT2D eigenvalue weighted by molar-refractivity contribution is -0.142. The molecule has 3 unspecified atom stereocenters. The summed E-state index contributed by atoms with van der Waals surface area (Å²) in [5.74, 6) is 0.956. The van der Waals surface area contributed by atoms with Gasteiger partial charge in [-0.05, 0) is 105 Å². The fraction of sp³-hybridized carbons (Fsp3) is 0.629. The first-order valence-electron chi connectivity index (χ1n) is 15.6. The first-order chi connectivity index (χ1) is 19.1. The molecular weight excluding hydrogens is 498 g/mol. The average molecular weight is 548 g/mol. The normalized spacial score (nSPS) is 38.4. The molecule has 5 rings (SSSR count). The molecule has 4 fully saturated rings. The second kappa shape index (κ2) is 12.0. The minimum absolute atomic E-state index is 0.0927. The Kier molecular flexibility index (Phi) is 8.75. The van der Waals surface area contributed by atoms with Gasteiger partial charge in [-0.1, -0.05) is 61.6 Å². The summed E-state index contributed by atoms with van der Waals surface area (Å²) >= 11 is 0. The Balaban J connectivity index is 1.25. The number of aliphatic hydroxyl groups is 3. The highest BCUT2D eigenvalue weighted by Crippen LogP contribution is 2.59. The molecule has 3 N–H and O–H groups in total. The average Bonchev–Trinajstić information content (AvgIpc) is 3.36. The van der Waals surface area contributed by atoms with Gasteiger partial charge in [0.05, 0.1) is 12.2 Å². The largest absolute Gasteiger partial charge is 0.393 e. The summed E-state index contributed by atoms with van der Waals surface area (Å²) in [5.41, 5.74) is 3.47. The molecule has 0 spiro atoms. The van der Waals surface area contributed by atoms with Gasteiger partial charge in [0.15, 0.2) is 0 Å². The number of amides is 1. The van der Waals surface area contributed by atoms with Gasteiger partial charge in [0, 0.05) is 25.4 Å². The Morgan fingerprint density at radius 2 is 1.88 bits per heavy atom. The zero-order valence-corrected chi connectivity index (χ0v) is 24.5. The highest BCUT2D eigenvalue weighted by Gasteiger charge is 2.53. The van der Waals surface area contributed by atoms with E-state index in [2.05, 4.69) is 49.9 Å². The molecule has 7 atom stereocenters. The molecule has 3 saturated carbocycles. The van der Waals surface area contributed by atoms with Crippen LogP contribution in [0.3, 0.4) is 0 Å². The second-order valence-corrected chi connectivity index (χ2v) is 13.6. The van der Waals surface area contributed by atoms with Crippen LogP contribution < -0.4 is 0 Å². The van der Waals surface area contributed by atoms with E-state index in [0.29, 0.717) is 31.1 Å². The molecule has 0 aromatic heterocycles. The van der Waals surface area contributed by atoms with Gasteiger partial charge in [-0.2, -0.15) is 0 Å². The summed E-state index contributed by atoms with van der Waals surface area (Å²) in [6.45, 7) is 8.96. The van der Waals surface area contributed by atoms with E-state index < -0.39 is 17.8 Å². The lowest BCUT2D eigenvalue weighted by atomic mass is 9.62. The maximum Gasteiger partial charge on any atom is 0.254 e. The molecule has 1 heterocycles. The third-order valence-corrected chi connectivity index (χ3v) is 10.7. The molecule has 5 heteroatoms. The van der Waals surface area contributed by atoms with E-state index in [1.165, 1.54) is 17.6 Å². The van der Waals surface area contributed by atoms with E-state index in [9.17, 15) is 20.1 Å². The van der Waals surface area contributed by atoms with Crippen molar-refractivity contribution in [1.82, 2.24) is 4.90 Å². The molecule has 0 radical (unpaired) electrons. The molecule has 5 nitrogen and oxygen atoms in total. The monoisotopic (exact) mass is 547 g/mol. The lowest BCUT2D eigenvalue weighted by Gasteiger charge is -2.43. The molecule has 4 aliphatic rings. The van der Waals surface area contributed by atoms with E-state index >= 15 is 0 Å². The standard InChI is InChI=1S/C35H49NO4/c1-24-27(20-30(37)22-32(24)38)15-14-26-13-9-18-34(2)28(16-17-31(26)34)21-29-23-35(3,40)33(39)36(29)19-8-7-12-25-10-5-4-6-11-25/h4-6,10-11,14-15,28-32,37-38,40H,1,7-9,12-13,16-23H2,2-3H3/b26-14+,27-15-/t28?,29?,30-,31+,32+,34-,35?/m1/s1. The van der Waals surface area contributed by atoms with Gasteiger partial charge in [-0.25, -0.2) is 0 Å². The van der Waals surface area contributed by atoms with Crippen molar-refractivity contribution in [3.8, 4) is 0 Å². The number of likely N-dealkylation sites (tertiary alicyclic amines) is 1. The van der Waals surface area contributed by atoms with Gasteiger partial charge in [0.25, 0.3) is 5.91 Å². The topological polar surface area (TPSA) is 81.0 Å². The fourth-order valence-corrected chi connectivity index (χ4v) is 8.41. The van der Waals surface area contributed by atoms with Crippen LogP contribution in [0.2, 0.25) is 0 Å². The Morgan fingerprint density at radius 3 is 2.65 bits per heavy atom. The molecule has 1 saturated heterocycles. The summed E-state index contributed by atoms with van der Waals surface area (Å²) in [4.78, 5) is 15.2. The predicted molar refractivity (Wildman–Crippen MR) is 159 cm³/mol. The van der Waals surface area contributed by atoms with Crippen LogP contribution >= 0.6 is 0 Å². The first kappa shape index (κ1) is 29.3. The number of aliphatic hydroxyl groups excluding tert-OH is 2. The van der Waals surface area contributed by atoms with E-state index in [0.717, 1.165) is 69.1 Å². The minimum Gasteiger partial charge on any atom is -0.393 e. The van der Waals surface area contributed by atoms with Crippen molar-refractivity contribution in [2.45, 2.75) is 115 Å². The van der Waals surface area contributed by atoms with Crippen LogP contribution in [0.4, 0.5) is 0 Å². The van der Waals surface area contributed by atoms with Crippen LogP contribution in [-0.2, 0) is 11.2 Å². The van der Waals surface area contributed by atoms with Gasteiger partial charge in [-0.3, -0.25) is 4.79 Å². The number of rotatable bonds is 8. The first-order valence-corrected chi connectivity index (χ1v) is 15.6. The van der Waals surface area contributed by atoms with Crippen LogP contribution in [0, 0.1) is 17.3 Å². The maximum atomic E-state index is 13.2. The van der Waals surface area contributed by atoms with Crippen molar-refractivity contribution < 1.29 is 20.1 Å². The molecule has 1 amide bonds. The molecule has 1 aromatic rings. The van der Waals surface area contributed by atoms with Gasteiger partial charge in [0.1, 0.15) is 5.60 Å². The van der Waals surface area contributed by atoms with E-state index in [4.69, 9.17) is 0 Å². The van der Waals surface area contributed by atoms with Crippen molar-refractivity contribution in [3.63, 3.8) is 0 Å². The second-order valence-electron chi connectivity index (χ2n) is 13.6. The highest BCUT2D eigenvalue weighted by atomic mass is 16.3. The van der Waals surface area contributed by atoms with Gasteiger partial charge in [0.2, 0.25) is 0 Å². The number of fused-ring (bicyclic) bond motifs is 1. The van der Waals surface area contributed by atoms with Crippen molar-refractivity contribution in [3.05, 3.63) is 71.3 Å². The predicted octanol–water partition coefficient (Wildman–Crippen LogP) is 5.89. The van der Waals surface area contributed by atoms with E-state index in [-0.39, 0.29) is 17.4 Å². The van der Waals surface area contributed by atoms with Crippen LogP contribution in [-0.4, -0.2) is 56.5 Å². The van der Waals surface area contributed by atoms with Crippen molar-refractivity contribution in [2.24, 2.45) is 17.3 Å². The molecule has 1 aromatic carbocycles. The fourth-order valence-electron chi connectivity index (χ4n) is 8.41. The van der Waals surface area contributed by atoms with E-state index in [1.807, 2.05) is 11.0 Å². The van der Waals surface area contributed by atoms with Crippen molar-refractivity contribution >= 4 is 5.91 Å². The van der Waals surface area contributed by atoms with E-state index in [1.54, 1.807) is 6.92 Å². The zero-order chi connectivity index (χ0) is 28.5. The Bertz CT molecular complexity index is 1140. The third kappa shape index (κ3) is 6.03. The van der Waals surface area contributed by atoms with Gasteiger partial charge >= 0.3 is 0 Å². The number of unbranched alkanes of at least 4 members (excludes halogenated alkanes) is 1. The van der Waals surface area contributed by atoms with Crippen molar-refractivity contribution in [2.75, 3.05) is 6.54 Å². The molecule has 218 valence electrons. The summed E-state index contributed by atoms with van der Waals surface area (Å²) in [7, 11) is 0. The van der Waals surface area contributed by atoms with Crippen LogP contribution in [0.1, 0.15) is 90.0 Å². The summed E-state index contributed by atoms with van der Waals surface area (Å²) in [6, 6.07) is 10.6. The van der Waals surface area contributed by atoms with Crippen LogP contribution in [0.15, 0.2) is 65.8 Å². The molecule has 0 bridgehead atoms. The highest BCUT2D eigenvalue weighted by molar-refractivity contribution is 5.87. The quantitative estimate of drug-likeness (QED) is 0.355. The summed E-state index contributed by atoms with van der Waals surface area (Å²) < 4.78 is 0. The van der Waals surface area contributed by atoms with Crippen molar-refractivity contribution in [1.29, 1.82) is 0 Å². The molecule has 3 aliphatic carbocycles. The number of allylic oxidation sites excluding steroid dienone is 3. The smallest absolute Gasteiger partial charge is 0.254 e. The number of nitrogens with zero attached hydrogens (tertiary/aromatic N) is 1. The Morgan fingerprint density at radius 1 is 1.10 bits per heavy atom. The van der Waals surface area contributed by atoms with Crippen LogP contribution in [0.25, 0.3) is 0 Å². The number of aryl methyl sites for hydroxylation is 1. The third-order valence-electron chi connectivity index (χ3n) is 10.7. The number of carbonyl (C=O) groups is 1. The van der Waals surface area contributed by atoms with Gasteiger partial charge < -0.3 is 20.2 Å². The number of benzene rings is 1. The molecule has 1 aliphatic heterocycles. The number of carbonyl (C=O) groups excluding carboxylic acids is 1. The zero-order valence-electron chi connectivity index (χ0n) is 24.5. The minimum atomic E-state index is -1.26. The Hall–Kier alpha value is -2.21. The lowest BCUT2D eigenvalue weighted by Crippen LogP contribution is -2.41. The summed E-state index contributed by atoms with van der Waals surface area (Å²) in [6.07, 6.45) is 14.4. The van der Waals surface area contributed by atoms with Gasteiger partial charge in [-0.15, -0.1) is 0 Å². The number of hydrogen-bond donors (Lipinski definition) is 3. The number of hydrogen-bond acceptors (Lipinski definition) is 4. The maximum absolute atomic E-state index is 13.2. The Labute approximate surface area is 240 Å². The molecule has 40 heavy (non-hydrogen) atoms. The summed E-state index contributed by atoms with van der Waals surface area (Å²) in [5, 5.41) is 31.4. The molecular formula is C35H49NO4. The SMILES string of the molecule is C=C1/C(=C\C=C2/CCC[C@]3(C)C(CC4CC(C)(O)C(=O)N4CCCCc4ccccc4)CC[C@@H]23)C[C@@H](O)C[C@@H]1O.